The molecule has 78 valence electrons. The molecule has 0 aliphatic heterocycles. The third kappa shape index (κ3) is 4.47. The van der Waals surface area contributed by atoms with Crippen LogP contribution in [0, 0.1) is 12.3 Å². The Morgan fingerprint density at radius 2 is 2.47 bits per heavy atom. The van der Waals surface area contributed by atoms with E-state index in [9.17, 15) is 4.79 Å². The van der Waals surface area contributed by atoms with Crippen molar-refractivity contribution in [1.82, 2.24) is 10.3 Å². The number of nitrogens with zero attached hydrogens (tertiary/aromatic N) is 1. The third-order valence-electron chi connectivity index (χ3n) is 1.46. The molecule has 1 heterocycles. The number of pyridine rings is 1. The van der Waals surface area contributed by atoms with Crippen molar-refractivity contribution in [2.45, 2.75) is 0 Å². The summed E-state index contributed by atoms with van der Waals surface area (Å²) < 4.78 is 5.87. The Morgan fingerprint density at radius 1 is 1.67 bits per heavy atom. The minimum atomic E-state index is -0.254. The molecule has 0 spiro atoms. The molecule has 4 nitrogen and oxygen atoms in total. The lowest BCUT2D eigenvalue weighted by molar-refractivity contribution is -0.122. The molecule has 0 saturated heterocycles. The average molecular weight is 269 g/mol. The highest BCUT2D eigenvalue weighted by molar-refractivity contribution is 9.10. The van der Waals surface area contributed by atoms with Gasteiger partial charge in [0.2, 0.25) is 0 Å². The number of hydrogen-bond acceptors (Lipinski definition) is 3. The van der Waals surface area contributed by atoms with Crippen molar-refractivity contribution in [3.8, 4) is 18.1 Å². The Labute approximate surface area is 96.2 Å². The maximum Gasteiger partial charge on any atom is 0.258 e. The van der Waals surface area contributed by atoms with Crippen molar-refractivity contribution in [1.29, 1.82) is 0 Å². The van der Waals surface area contributed by atoms with Crippen molar-refractivity contribution in [2.24, 2.45) is 0 Å². The summed E-state index contributed by atoms with van der Waals surface area (Å²) >= 11 is 3.19. The molecule has 1 aromatic rings. The molecule has 0 aromatic carbocycles. The number of terminal acetylenes is 1. The summed E-state index contributed by atoms with van der Waals surface area (Å²) in [4.78, 5) is 15.0. The smallest absolute Gasteiger partial charge is 0.258 e. The lowest BCUT2D eigenvalue weighted by Crippen LogP contribution is -2.29. The first-order chi connectivity index (χ1) is 7.22. The SMILES string of the molecule is C#CCNC(=O)COc1ccc(Br)nc1. The lowest BCUT2D eigenvalue weighted by atomic mass is 10.4. The predicted octanol–water partition coefficient (Wildman–Crippen LogP) is 0.972. The summed E-state index contributed by atoms with van der Waals surface area (Å²) in [5, 5.41) is 2.48. The van der Waals surface area contributed by atoms with Gasteiger partial charge in [-0.2, -0.15) is 0 Å². The van der Waals surface area contributed by atoms with Gasteiger partial charge in [0.15, 0.2) is 6.61 Å². The largest absolute Gasteiger partial charge is 0.482 e. The van der Waals surface area contributed by atoms with E-state index in [1.807, 2.05) is 0 Å². The Kier molecular flexibility index (Phi) is 4.64. The topological polar surface area (TPSA) is 51.2 Å². The van der Waals surface area contributed by atoms with E-state index in [-0.39, 0.29) is 19.1 Å². The molecule has 0 atom stereocenters. The summed E-state index contributed by atoms with van der Waals surface area (Å²) in [6.07, 6.45) is 6.51. The number of rotatable bonds is 4. The van der Waals surface area contributed by atoms with Crippen LogP contribution < -0.4 is 10.1 Å². The number of halogens is 1. The summed E-state index contributed by atoms with van der Waals surface area (Å²) in [5.41, 5.74) is 0. The van der Waals surface area contributed by atoms with E-state index in [1.54, 1.807) is 12.1 Å². The van der Waals surface area contributed by atoms with Crippen LogP contribution in [0.5, 0.6) is 5.75 Å². The van der Waals surface area contributed by atoms with E-state index in [2.05, 4.69) is 32.2 Å². The van der Waals surface area contributed by atoms with E-state index in [1.165, 1.54) is 6.20 Å². The zero-order chi connectivity index (χ0) is 11.1. The summed E-state index contributed by atoms with van der Waals surface area (Å²) in [5.74, 6) is 2.58. The van der Waals surface area contributed by atoms with E-state index < -0.39 is 0 Å². The Bertz CT molecular complexity index is 370. The minimum absolute atomic E-state index is 0.0645. The van der Waals surface area contributed by atoms with Gasteiger partial charge in [0.1, 0.15) is 10.4 Å². The highest BCUT2D eigenvalue weighted by Crippen LogP contribution is 2.12. The Balaban J connectivity index is 2.34. The van der Waals surface area contributed by atoms with E-state index >= 15 is 0 Å². The number of aromatic nitrogens is 1. The standard InChI is InChI=1S/C10H9BrN2O2/c1-2-5-12-10(14)7-15-8-3-4-9(11)13-6-8/h1,3-4,6H,5,7H2,(H,12,14). The van der Waals surface area contributed by atoms with Crippen molar-refractivity contribution in [2.75, 3.05) is 13.2 Å². The van der Waals surface area contributed by atoms with Crippen molar-refractivity contribution in [3.63, 3.8) is 0 Å². The van der Waals surface area contributed by atoms with Crippen LogP contribution >= 0.6 is 15.9 Å². The molecule has 1 N–H and O–H groups in total. The van der Waals surface area contributed by atoms with Crippen molar-refractivity contribution < 1.29 is 9.53 Å². The van der Waals surface area contributed by atoms with Gasteiger partial charge in [0.25, 0.3) is 5.91 Å². The molecule has 0 unspecified atom stereocenters. The number of nitrogens with one attached hydrogen (secondary N) is 1. The fourth-order valence-corrected chi connectivity index (χ4v) is 1.03. The lowest BCUT2D eigenvalue weighted by Gasteiger charge is -2.04. The summed E-state index contributed by atoms with van der Waals surface area (Å²) in [6, 6.07) is 3.44. The van der Waals surface area contributed by atoms with Gasteiger partial charge in [0.05, 0.1) is 12.7 Å². The Hall–Kier alpha value is -1.54. The second kappa shape index (κ2) is 6.04. The van der Waals surface area contributed by atoms with Crippen LogP contribution in [0.15, 0.2) is 22.9 Å². The quantitative estimate of drug-likeness (QED) is 0.654. The molecule has 0 aliphatic rings. The Morgan fingerprint density at radius 3 is 3.07 bits per heavy atom. The molecule has 1 aromatic heterocycles. The maximum absolute atomic E-state index is 11.1. The van der Waals surface area contributed by atoms with E-state index in [4.69, 9.17) is 11.2 Å². The van der Waals surface area contributed by atoms with Gasteiger partial charge in [-0.1, -0.05) is 5.92 Å². The van der Waals surface area contributed by atoms with Crippen LogP contribution in [0.4, 0.5) is 0 Å². The molecule has 5 heteroatoms. The zero-order valence-corrected chi connectivity index (χ0v) is 9.45. The monoisotopic (exact) mass is 268 g/mol. The van der Waals surface area contributed by atoms with Crippen LogP contribution in [-0.2, 0) is 4.79 Å². The zero-order valence-electron chi connectivity index (χ0n) is 7.87. The van der Waals surface area contributed by atoms with Gasteiger partial charge in [-0.15, -0.1) is 6.42 Å². The van der Waals surface area contributed by atoms with Crippen molar-refractivity contribution >= 4 is 21.8 Å². The molecule has 0 saturated carbocycles. The summed E-state index contributed by atoms with van der Waals surface area (Å²) in [7, 11) is 0. The molecule has 0 radical (unpaired) electrons. The van der Waals surface area contributed by atoms with Crippen molar-refractivity contribution in [3.05, 3.63) is 22.9 Å². The van der Waals surface area contributed by atoms with E-state index in [0.717, 1.165) is 0 Å². The predicted molar refractivity (Wildman–Crippen MR) is 59.3 cm³/mol. The maximum atomic E-state index is 11.1. The second-order valence-electron chi connectivity index (χ2n) is 2.59. The number of hydrogen-bond donors (Lipinski definition) is 1. The minimum Gasteiger partial charge on any atom is -0.482 e. The molecule has 15 heavy (non-hydrogen) atoms. The number of carbonyl (C=O) groups is 1. The fourth-order valence-electron chi connectivity index (χ4n) is 0.797. The van der Waals surface area contributed by atoms with Crippen LogP contribution in [-0.4, -0.2) is 24.0 Å². The van der Waals surface area contributed by atoms with Gasteiger partial charge in [0, 0.05) is 0 Å². The van der Waals surface area contributed by atoms with Gasteiger partial charge in [-0.3, -0.25) is 4.79 Å². The fraction of sp³-hybridized carbons (Fsp3) is 0.200. The third-order valence-corrected chi connectivity index (χ3v) is 1.93. The molecule has 1 amide bonds. The molecular formula is C10H9BrN2O2. The van der Waals surface area contributed by atoms with Crippen LogP contribution in [0.25, 0.3) is 0 Å². The number of carbonyl (C=O) groups excluding carboxylic acids is 1. The number of amides is 1. The van der Waals surface area contributed by atoms with Crippen LogP contribution in [0.1, 0.15) is 0 Å². The first-order valence-electron chi connectivity index (χ1n) is 4.17. The average Bonchev–Trinajstić information content (AvgIpc) is 2.25. The van der Waals surface area contributed by atoms with E-state index in [0.29, 0.717) is 10.4 Å². The van der Waals surface area contributed by atoms with Crippen LogP contribution in [0.3, 0.4) is 0 Å². The molecule has 0 aliphatic carbocycles. The summed E-state index contributed by atoms with van der Waals surface area (Å²) in [6.45, 7) is 0.145. The first kappa shape index (κ1) is 11.5. The van der Waals surface area contributed by atoms with Gasteiger partial charge in [-0.05, 0) is 28.1 Å². The highest BCUT2D eigenvalue weighted by Gasteiger charge is 2.01. The molecule has 1 rings (SSSR count). The van der Waals surface area contributed by atoms with Gasteiger partial charge < -0.3 is 10.1 Å². The highest BCUT2D eigenvalue weighted by atomic mass is 79.9. The van der Waals surface area contributed by atoms with Gasteiger partial charge in [-0.25, -0.2) is 4.98 Å². The second-order valence-corrected chi connectivity index (χ2v) is 3.40. The first-order valence-corrected chi connectivity index (χ1v) is 4.96. The molecular weight excluding hydrogens is 260 g/mol. The molecule has 0 fully saturated rings. The normalized spacial score (nSPS) is 9.07. The van der Waals surface area contributed by atoms with Crippen LogP contribution in [0.2, 0.25) is 0 Å². The molecule has 0 bridgehead atoms. The van der Waals surface area contributed by atoms with Gasteiger partial charge >= 0.3 is 0 Å². The number of ether oxygens (including phenoxy) is 1.